The van der Waals surface area contributed by atoms with E-state index in [2.05, 4.69) is 34.2 Å². The van der Waals surface area contributed by atoms with Crippen LogP contribution in [0.3, 0.4) is 0 Å². The van der Waals surface area contributed by atoms with Gasteiger partial charge >= 0.3 is 0 Å². The lowest BCUT2D eigenvalue weighted by molar-refractivity contribution is 0.0827. The molecule has 2 heterocycles. The molecule has 0 radical (unpaired) electrons. The van der Waals surface area contributed by atoms with Crippen LogP contribution in [-0.4, -0.2) is 54.4 Å². The number of anilines is 1. The number of pyridine rings is 1. The number of benzene rings is 1. The summed E-state index contributed by atoms with van der Waals surface area (Å²) in [6.45, 7) is 3.09. The molecule has 5 heteroatoms. The van der Waals surface area contributed by atoms with Crippen LogP contribution in [0, 0.1) is 0 Å². The van der Waals surface area contributed by atoms with Crippen molar-refractivity contribution in [2.75, 3.05) is 39.5 Å². The normalized spacial score (nSPS) is 15.9. The number of piperidine rings is 1. The van der Waals surface area contributed by atoms with Crippen molar-refractivity contribution in [3.63, 3.8) is 0 Å². The van der Waals surface area contributed by atoms with Crippen LogP contribution in [0.5, 0.6) is 0 Å². The van der Waals surface area contributed by atoms with Crippen LogP contribution in [0.25, 0.3) is 6.08 Å². The number of carbonyl (C=O) groups excluding carboxylic acids is 1. The molecule has 1 aliphatic rings. The number of carbonyl (C=O) groups is 1. The fourth-order valence-electron chi connectivity index (χ4n) is 3.49. The molecule has 1 aliphatic heterocycles. The number of nitrogens with zero attached hydrogens (tertiary/aromatic N) is 3. The second-order valence-corrected chi connectivity index (χ2v) is 7.30. The second-order valence-electron chi connectivity index (χ2n) is 7.30. The Bertz CT molecular complexity index is 790. The molecule has 5 nitrogen and oxygen atoms in total. The average molecular weight is 364 g/mol. The van der Waals surface area contributed by atoms with Crippen LogP contribution in [-0.2, 0) is 0 Å². The number of hydrogen-bond donors (Lipinski definition) is 1. The van der Waals surface area contributed by atoms with Gasteiger partial charge in [0.25, 0.3) is 5.91 Å². The molecule has 1 aromatic carbocycles. The summed E-state index contributed by atoms with van der Waals surface area (Å²) < 4.78 is 0. The number of rotatable bonds is 5. The fraction of sp³-hybridized carbons (Fsp3) is 0.364. The Morgan fingerprint density at radius 3 is 2.56 bits per heavy atom. The topological polar surface area (TPSA) is 62.5 Å². The van der Waals surface area contributed by atoms with Crippen LogP contribution < -0.4 is 5.73 Å². The lowest BCUT2D eigenvalue weighted by Crippen LogP contribution is -2.33. The summed E-state index contributed by atoms with van der Waals surface area (Å²) >= 11 is 0. The third-order valence-electron chi connectivity index (χ3n) is 5.17. The zero-order valence-corrected chi connectivity index (χ0v) is 16.1. The molecule has 0 aliphatic carbocycles. The maximum atomic E-state index is 12.0. The maximum Gasteiger partial charge on any atom is 0.253 e. The fourth-order valence-corrected chi connectivity index (χ4v) is 3.49. The van der Waals surface area contributed by atoms with E-state index in [1.54, 1.807) is 31.4 Å². The van der Waals surface area contributed by atoms with Gasteiger partial charge in [0.2, 0.25) is 0 Å². The maximum absolute atomic E-state index is 12.0. The molecule has 1 aromatic heterocycles. The number of amides is 1. The molecule has 2 aromatic rings. The first kappa shape index (κ1) is 19.1. The summed E-state index contributed by atoms with van der Waals surface area (Å²) in [7, 11) is 3.56. The van der Waals surface area contributed by atoms with Gasteiger partial charge in [0.05, 0.1) is 0 Å². The van der Waals surface area contributed by atoms with Crippen molar-refractivity contribution in [3.8, 4) is 0 Å². The van der Waals surface area contributed by atoms with Gasteiger partial charge in [0.15, 0.2) is 0 Å². The highest BCUT2D eigenvalue weighted by Gasteiger charge is 2.20. The molecule has 3 rings (SSSR count). The molecular formula is C22H28N4O. The van der Waals surface area contributed by atoms with Crippen LogP contribution in [0.2, 0.25) is 0 Å². The summed E-state index contributed by atoms with van der Waals surface area (Å²) in [5, 5.41) is 0. The molecule has 1 amide bonds. The monoisotopic (exact) mass is 364 g/mol. The number of nitrogen functional groups attached to an aromatic ring is 1. The number of aromatic nitrogens is 1. The lowest BCUT2D eigenvalue weighted by atomic mass is 9.89. The Balaban J connectivity index is 1.50. The number of hydrogen-bond acceptors (Lipinski definition) is 4. The van der Waals surface area contributed by atoms with Gasteiger partial charge in [-0.05, 0) is 55.6 Å². The summed E-state index contributed by atoms with van der Waals surface area (Å²) in [4.78, 5) is 20.2. The van der Waals surface area contributed by atoms with Crippen LogP contribution in [0.1, 0.15) is 40.2 Å². The quantitative estimate of drug-likeness (QED) is 0.885. The molecular weight excluding hydrogens is 336 g/mol. The third-order valence-corrected chi connectivity index (χ3v) is 5.17. The summed E-state index contributed by atoms with van der Waals surface area (Å²) in [6.07, 6.45) is 10.0. The molecule has 0 saturated carbocycles. The minimum Gasteiger partial charge on any atom is -0.398 e. The van der Waals surface area contributed by atoms with Gasteiger partial charge < -0.3 is 10.6 Å². The van der Waals surface area contributed by atoms with E-state index in [0.717, 1.165) is 49.3 Å². The molecule has 0 unspecified atom stereocenters. The minimum atomic E-state index is 0.0532. The highest BCUT2D eigenvalue weighted by Crippen LogP contribution is 2.28. The summed E-state index contributed by atoms with van der Waals surface area (Å²) in [5.74, 6) is 0.625. The van der Waals surface area contributed by atoms with E-state index < -0.39 is 0 Å². The van der Waals surface area contributed by atoms with Crippen LogP contribution >= 0.6 is 0 Å². The van der Waals surface area contributed by atoms with Crippen molar-refractivity contribution in [1.82, 2.24) is 14.8 Å². The zero-order valence-electron chi connectivity index (χ0n) is 16.1. The average Bonchev–Trinajstić information content (AvgIpc) is 2.69. The Morgan fingerprint density at radius 2 is 1.93 bits per heavy atom. The van der Waals surface area contributed by atoms with E-state index in [1.165, 1.54) is 5.56 Å². The van der Waals surface area contributed by atoms with Crippen molar-refractivity contribution in [2.24, 2.45) is 0 Å². The van der Waals surface area contributed by atoms with Crippen LogP contribution in [0.15, 0.2) is 48.8 Å². The first-order valence-corrected chi connectivity index (χ1v) is 9.44. The smallest absolute Gasteiger partial charge is 0.253 e. The molecule has 0 atom stereocenters. The molecule has 0 spiro atoms. The second kappa shape index (κ2) is 8.82. The van der Waals surface area contributed by atoms with Crippen molar-refractivity contribution in [1.29, 1.82) is 0 Å². The molecule has 0 bridgehead atoms. The van der Waals surface area contributed by atoms with Crippen molar-refractivity contribution >= 4 is 17.7 Å². The van der Waals surface area contributed by atoms with Gasteiger partial charge in [-0.15, -0.1) is 0 Å². The Kier molecular flexibility index (Phi) is 6.24. The molecule has 2 N–H and O–H groups in total. The van der Waals surface area contributed by atoms with E-state index in [1.807, 2.05) is 18.2 Å². The Morgan fingerprint density at radius 1 is 1.22 bits per heavy atom. The molecule has 1 saturated heterocycles. The summed E-state index contributed by atoms with van der Waals surface area (Å²) in [6, 6.07) is 9.95. The van der Waals surface area contributed by atoms with E-state index in [0.29, 0.717) is 5.92 Å². The van der Waals surface area contributed by atoms with Gasteiger partial charge in [-0.25, -0.2) is 0 Å². The standard InChI is InChI=1S/C22H28N4O/c1-25(2)22(27)19-7-5-17(6-8-19)18-10-14-26(15-11-18)13-3-4-20-16-24-12-9-21(20)23/h3-9,12,16,18H,10-11,13-15H2,1-2H3,(H2,23,24). The van der Waals surface area contributed by atoms with E-state index in [9.17, 15) is 4.79 Å². The predicted molar refractivity (Wildman–Crippen MR) is 111 cm³/mol. The SMILES string of the molecule is CN(C)C(=O)c1ccc(C2CCN(CC=Cc3cnccc3N)CC2)cc1. The molecule has 1 fully saturated rings. The first-order valence-electron chi connectivity index (χ1n) is 9.44. The molecule has 27 heavy (non-hydrogen) atoms. The minimum absolute atomic E-state index is 0.0532. The van der Waals surface area contributed by atoms with Gasteiger partial charge in [-0.3, -0.25) is 14.7 Å². The van der Waals surface area contributed by atoms with E-state index in [4.69, 9.17) is 5.73 Å². The largest absolute Gasteiger partial charge is 0.398 e. The molecule has 142 valence electrons. The van der Waals surface area contributed by atoms with E-state index >= 15 is 0 Å². The zero-order chi connectivity index (χ0) is 19.2. The summed E-state index contributed by atoms with van der Waals surface area (Å²) in [5.41, 5.74) is 9.76. The van der Waals surface area contributed by atoms with Gasteiger partial charge in [-0.1, -0.05) is 24.3 Å². The third kappa shape index (κ3) is 4.95. The van der Waals surface area contributed by atoms with Crippen molar-refractivity contribution in [2.45, 2.75) is 18.8 Å². The van der Waals surface area contributed by atoms with Gasteiger partial charge in [-0.2, -0.15) is 0 Å². The predicted octanol–water partition coefficient (Wildman–Crippen LogP) is 3.26. The highest BCUT2D eigenvalue weighted by atomic mass is 16.2. The van der Waals surface area contributed by atoms with Gasteiger partial charge in [0.1, 0.15) is 0 Å². The van der Waals surface area contributed by atoms with Gasteiger partial charge in [0, 0.05) is 49.8 Å². The number of likely N-dealkylation sites (tertiary alicyclic amines) is 1. The van der Waals surface area contributed by atoms with Crippen molar-refractivity contribution in [3.05, 3.63) is 65.5 Å². The van der Waals surface area contributed by atoms with E-state index in [-0.39, 0.29) is 5.91 Å². The lowest BCUT2D eigenvalue weighted by Gasteiger charge is -2.31. The van der Waals surface area contributed by atoms with Crippen LogP contribution in [0.4, 0.5) is 5.69 Å². The Hall–Kier alpha value is -2.66. The Labute approximate surface area is 161 Å². The highest BCUT2D eigenvalue weighted by molar-refractivity contribution is 5.93. The number of nitrogens with two attached hydrogens (primary N) is 1. The first-order chi connectivity index (χ1) is 13.0. The van der Waals surface area contributed by atoms with Crippen molar-refractivity contribution < 1.29 is 4.79 Å².